The summed E-state index contributed by atoms with van der Waals surface area (Å²) in [6.45, 7) is 30.3. The van der Waals surface area contributed by atoms with Gasteiger partial charge in [-0.2, -0.15) is 0 Å². The van der Waals surface area contributed by atoms with E-state index in [1.165, 1.54) is 5.39 Å². The Labute approximate surface area is 189 Å². The summed E-state index contributed by atoms with van der Waals surface area (Å²) in [6.07, 6.45) is 0. The molecule has 0 aliphatic rings. The molecule has 0 heterocycles. The number of benzene rings is 2. The first-order valence-corrected chi connectivity index (χ1v) is 16.9. The molecule has 0 radical (unpaired) electrons. The van der Waals surface area contributed by atoms with Crippen molar-refractivity contribution in [2.24, 2.45) is 0 Å². The van der Waals surface area contributed by atoms with E-state index < -0.39 is 16.1 Å². The van der Waals surface area contributed by atoms with Gasteiger partial charge in [-0.15, -0.1) is 0 Å². The van der Waals surface area contributed by atoms with Crippen LogP contribution in [0.2, 0.25) is 33.2 Å². The molecule has 0 aliphatic carbocycles. The molecule has 0 fully saturated rings. The summed E-state index contributed by atoms with van der Waals surface area (Å²) in [4.78, 5) is 0. The van der Waals surface area contributed by atoms with Gasteiger partial charge in [-0.3, -0.25) is 0 Å². The van der Waals surface area contributed by atoms with E-state index in [0.717, 1.165) is 33.2 Å². The highest BCUT2D eigenvalue weighted by molar-refractivity contribution is 7.05. The van der Waals surface area contributed by atoms with E-state index in [4.69, 9.17) is 0 Å². The minimum atomic E-state index is -1.83. The van der Waals surface area contributed by atoms with Gasteiger partial charge in [-0.1, -0.05) is 130 Å². The zero-order valence-corrected chi connectivity index (χ0v) is 23.9. The highest BCUT2D eigenvalue weighted by atomic mass is 28.3. The highest BCUT2D eigenvalue weighted by Crippen LogP contribution is 2.46. The van der Waals surface area contributed by atoms with Crippen molar-refractivity contribution in [3.63, 3.8) is 0 Å². The fourth-order valence-electron chi connectivity index (χ4n) is 7.90. The zero-order valence-electron chi connectivity index (χ0n) is 21.9. The van der Waals surface area contributed by atoms with Gasteiger partial charge in [0.15, 0.2) is 0 Å². The molecule has 2 aromatic rings. The van der Waals surface area contributed by atoms with Gasteiger partial charge < -0.3 is 0 Å². The molecule has 0 bridgehead atoms. The molecule has 30 heavy (non-hydrogen) atoms. The van der Waals surface area contributed by atoms with E-state index in [1.807, 2.05) is 10.4 Å². The summed E-state index contributed by atoms with van der Waals surface area (Å²) in [6, 6.07) is 14.3. The van der Waals surface area contributed by atoms with E-state index in [0.29, 0.717) is 0 Å². The lowest BCUT2D eigenvalue weighted by Crippen LogP contribution is -2.69. The molecule has 2 aromatic carbocycles. The lowest BCUT2D eigenvalue weighted by molar-refractivity contribution is 0.828. The molecule has 0 N–H and O–H groups in total. The largest absolute Gasteiger partial charge is 0.0949 e. The molecule has 0 amide bonds. The summed E-state index contributed by atoms with van der Waals surface area (Å²) in [7, 11) is -3.60. The summed E-state index contributed by atoms with van der Waals surface area (Å²) < 4.78 is 0. The number of hydrogen-bond acceptors (Lipinski definition) is 0. The van der Waals surface area contributed by atoms with Crippen LogP contribution < -0.4 is 10.4 Å². The summed E-state index contributed by atoms with van der Waals surface area (Å²) in [5.74, 6) is 0. The zero-order chi connectivity index (χ0) is 23.0. The van der Waals surface area contributed by atoms with E-state index in [-0.39, 0.29) is 0 Å². The van der Waals surface area contributed by atoms with Gasteiger partial charge in [-0.05, 0) is 44.0 Å². The second-order valence-electron chi connectivity index (χ2n) is 11.5. The third kappa shape index (κ3) is 3.66. The monoisotopic (exact) mass is 440 g/mol. The molecule has 168 valence electrons. The normalized spacial score (nSPS) is 13.8. The molecule has 0 aromatic heterocycles. The van der Waals surface area contributed by atoms with Gasteiger partial charge in [0, 0.05) is 0 Å². The number of hydrogen-bond donors (Lipinski definition) is 0. The minimum Gasteiger partial charge on any atom is -0.0648 e. The smallest absolute Gasteiger partial charge is 0.0648 e. The Kier molecular flexibility index (Phi) is 7.89. The van der Waals surface area contributed by atoms with E-state index >= 15 is 0 Å². The average Bonchev–Trinajstić information content (AvgIpc) is 2.62. The summed E-state index contributed by atoms with van der Waals surface area (Å²) >= 11 is 0. The van der Waals surface area contributed by atoms with Crippen LogP contribution in [0.3, 0.4) is 0 Å². The van der Waals surface area contributed by atoms with Crippen molar-refractivity contribution in [3.05, 3.63) is 36.4 Å². The predicted octanol–water partition coefficient (Wildman–Crippen LogP) is 8.61. The molecule has 0 atom stereocenters. The van der Waals surface area contributed by atoms with Crippen LogP contribution in [0.15, 0.2) is 36.4 Å². The molecule has 0 saturated heterocycles. The number of fused-ring (bicyclic) bond motifs is 1. The van der Waals surface area contributed by atoms with Crippen LogP contribution in [-0.4, -0.2) is 16.1 Å². The Morgan fingerprint density at radius 2 is 0.867 bits per heavy atom. The van der Waals surface area contributed by atoms with Crippen LogP contribution in [0.1, 0.15) is 83.1 Å². The lowest BCUT2D eigenvalue weighted by atomic mass is 10.1. The first-order chi connectivity index (χ1) is 13.9. The van der Waals surface area contributed by atoms with Crippen LogP contribution in [0.4, 0.5) is 0 Å². The van der Waals surface area contributed by atoms with E-state index in [2.05, 4.69) is 119 Å². The van der Waals surface area contributed by atoms with Crippen LogP contribution >= 0.6 is 0 Å². The second-order valence-corrected chi connectivity index (χ2v) is 23.2. The van der Waals surface area contributed by atoms with Crippen molar-refractivity contribution in [2.75, 3.05) is 0 Å². The van der Waals surface area contributed by atoms with Crippen LogP contribution in [0.25, 0.3) is 10.8 Å². The number of rotatable bonds is 8. The van der Waals surface area contributed by atoms with Gasteiger partial charge in [-0.25, -0.2) is 0 Å². The molecular weight excluding hydrogens is 392 g/mol. The van der Waals surface area contributed by atoms with Gasteiger partial charge in [0.05, 0.1) is 16.1 Å². The van der Waals surface area contributed by atoms with Crippen molar-refractivity contribution in [1.29, 1.82) is 0 Å². The molecule has 0 spiro atoms. The van der Waals surface area contributed by atoms with Crippen molar-refractivity contribution in [2.45, 2.75) is 116 Å². The Balaban J connectivity index is 3.21. The Morgan fingerprint density at radius 1 is 0.467 bits per heavy atom. The molecule has 2 rings (SSSR count). The molecule has 0 nitrogen and oxygen atoms in total. The topological polar surface area (TPSA) is 0 Å². The van der Waals surface area contributed by atoms with Crippen molar-refractivity contribution in [3.8, 4) is 0 Å². The third-order valence-corrected chi connectivity index (χ3v) is 23.0. The maximum atomic E-state index is 2.61. The van der Waals surface area contributed by atoms with Gasteiger partial charge in [0.2, 0.25) is 0 Å². The van der Waals surface area contributed by atoms with E-state index in [9.17, 15) is 0 Å². The Bertz CT molecular complexity index is 799. The molecule has 0 saturated carbocycles. The Hall–Kier alpha value is -0.866. The first kappa shape index (κ1) is 25.4. The standard InChI is InChI=1S/C28H48Si2/c1-19(2)29(20(3)4,21(5)6)27-18-17-25-15-13-14-16-26(25)28(27)30(22(7)8,23(9)10)24(11)12/h13-24H,1-12H3. The van der Waals surface area contributed by atoms with Crippen molar-refractivity contribution < 1.29 is 0 Å². The quantitative estimate of drug-likeness (QED) is 0.360. The van der Waals surface area contributed by atoms with Crippen LogP contribution in [-0.2, 0) is 0 Å². The SMILES string of the molecule is CC(C)[Si](c1ccc2ccccc2c1[Si](C(C)C)(C(C)C)C(C)C)(C(C)C)C(C)C. The van der Waals surface area contributed by atoms with Gasteiger partial charge >= 0.3 is 0 Å². The molecule has 0 unspecified atom stereocenters. The molecule has 0 aliphatic heterocycles. The second kappa shape index (κ2) is 9.32. The molecule has 2 heteroatoms. The van der Waals surface area contributed by atoms with Crippen molar-refractivity contribution >= 4 is 37.3 Å². The van der Waals surface area contributed by atoms with Gasteiger partial charge in [0.25, 0.3) is 0 Å². The summed E-state index contributed by atoms with van der Waals surface area (Å²) in [5, 5.41) is 6.65. The maximum Gasteiger partial charge on any atom is 0.0949 e. The van der Waals surface area contributed by atoms with E-state index in [1.54, 1.807) is 5.39 Å². The molecular formula is C28H48Si2. The fraction of sp³-hybridized carbons (Fsp3) is 0.643. The lowest BCUT2D eigenvalue weighted by Gasteiger charge is -2.51. The summed E-state index contributed by atoms with van der Waals surface area (Å²) in [5.41, 5.74) is 4.36. The highest BCUT2D eigenvalue weighted by Gasteiger charge is 2.52. The maximum absolute atomic E-state index is 2.61. The van der Waals surface area contributed by atoms with Crippen molar-refractivity contribution in [1.82, 2.24) is 0 Å². The minimum absolute atomic E-state index is 0.722. The first-order valence-electron chi connectivity index (χ1n) is 12.4. The average molecular weight is 441 g/mol. The fourth-order valence-corrected chi connectivity index (χ4v) is 23.0. The van der Waals surface area contributed by atoms with Gasteiger partial charge in [0.1, 0.15) is 0 Å². The predicted molar refractivity (Wildman–Crippen MR) is 145 cm³/mol. The third-order valence-electron chi connectivity index (χ3n) is 8.56. The van der Waals surface area contributed by atoms with Crippen LogP contribution in [0.5, 0.6) is 0 Å². The van der Waals surface area contributed by atoms with Crippen LogP contribution in [0, 0.1) is 0 Å². The Morgan fingerprint density at radius 3 is 1.27 bits per heavy atom.